The molecule has 12 heteroatoms. The number of amidine groups is 1. The average Bonchev–Trinajstić information content (AvgIpc) is 2.93. The summed E-state index contributed by atoms with van der Waals surface area (Å²) in [5.74, 6) is 0.797. The van der Waals surface area contributed by atoms with E-state index < -0.39 is 5.82 Å². The number of halogens is 2. The maximum Gasteiger partial charge on any atom is 0.246 e. The number of rotatable bonds is 4. The SMILES string of the molecule is C=CC(=O)N1C[C@H](C)N(C2=NCN(c3c(N)ncnc3C(C)C)c3nc(-c4c(N)cccc4F)c(Cl)cc32)C[C@H]1C. The predicted molar refractivity (Wildman–Crippen MR) is 161 cm³/mol. The number of nitrogens with zero attached hydrogens (tertiary/aromatic N) is 7. The third-order valence-corrected chi connectivity index (χ3v) is 7.80. The molecule has 0 aliphatic carbocycles. The minimum Gasteiger partial charge on any atom is -0.398 e. The lowest BCUT2D eigenvalue weighted by Gasteiger charge is -2.46. The van der Waals surface area contributed by atoms with Crippen molar-refractivity contribution in [3.8, 4) is 11.3 Å². The molecule has 0 radical (unpaired) electrons. The molecule has 10 nitrogen and oxygen atoms in total. The van der Waals surface area contributed by atoms with Crippen molar-refractivity contribution >= 4 is 46.4 Å². The molecule has 1 aromatic carbocycles. The van der Waals surface area contributed by atoms with Gasteiger partial charge in [0.25, 0.3) is 0 Å². The van der Waals surface area contributed by atoms with Crippen LogP contribution >= 0.6 is 11.6 Å². The number of fused-ring (bicyclic) bond motifs is 1. The molecule has 4 heterocycles. The number of amides is 1. The number of anilines is 4. The lowest BCUT2D eigenvalue weighted by molar-refractivity contribution is -0.130. The largest absolute Gasteiger partial charge is 0.398 e. The highest BCUT2D eigenvalue weighted by Crippen LogP contribution is 2.42. The summed E-state index contributed by atoms with van der Waals surface area (Å²) in [5, 5.41) is 0.220. The highest BCUT2D eigenvalue weighted by atomic mass is 35.5. The maximum atomic E-state index is 15.1. The van der Waals surface area contributed by atoms with Gasteiger partial charge >= 0.3 is 0 Å². The van der Waals surface area contributed by atoms with Crippen LogP contribution in [0.4, 0.5) is 27.4 Å². The van der Waals surface area contributed by atoms with Crippen molar-refractivity contribution in [2.75, 3.05) is 36.1 Å². The smallest absolute Gasteiger partial charge is 0.246 e. The summed E-state index contributed by atoms with van der Waals surface area (Å²) < 4.78 is 15.1. The number of benzene rings is 1. The van der Waals surface area contributed by atoms with Crippen molar-refractivity contribution < 1.29 is 9.18 Å². The second-order valence-corrected chi connectivity index (χ2v) is 11.0. The molecule has 0 bridgehead atoms. The third kappa shape index (κ3) is 4.94. The van der Waals surface area contributed by atoms with Gasteiger partial charge in [0.2, 0.25) is 5.91 Å². The van der Waals surface area contributed by atoms with Gasteiger partial charge in [0.05, 0.1) is 27.5 Å². The molecule has 2 atom stereocenters. The first-order valence-electron chi connectivity index (χ1n) is 13.4. The molecule has 0 unspecified atom stereocenters. The fourth-order valence-corrected chi connectivity index (χ4v) is 5.73. The van der Waals surface area contributed by atoms with Gasteiger partial charge in [-0.05, 0) is 44.0 Å². The van der Waals surface area contributed by atoms with E-state index in [0.29, 0.717) is 36.0 Å². The molecule has 2 aromatic heterocycles. The number of pyridine rings is 1. The van der Waals surface area contributed by atoms with E-state index in [0.717, 1.165) is 5.69 Å². The molecule has 4 N–H and O–H groups in total. The van der Waals surface area contributed by atoms with Gasteiger partial charge in [-0.25, -0.2) is 24.3 Å². The first kappa shape index (κ1) is 28.3. The summed E-state index contributed by atoms with van der Waals surface area (Å²) in [5.41, 5.74) is 15.1. The Morgan fingerprint density at radius 2 is 1.95 bits per heavy atom. The van der Waals surface area contributed by atoms with Crippen LogP contribution in [0.3, 0.4) is 0 Å². The van der Waals surface area contributed by atoms with Crippen molar-refractivity contribution in [1.82, 2.24) is 24.8 Å². The van der Waals surface area contributed by atoms with Crippen LogP contribution in [0.1, 0.15) is 44.9 Å². The Hall–Kier alpha value is -4.25. The van der Waals surface area contributed by atoms with Crippen molar-refractivity contribution in [3.05, 3.63) is 65.3 Å². The van der Waals surface area contributed by atoms with Crippen LogP contribution in [0.5, 0.6) is 0 Å². The summed E-state index contributed by atoms with van der Waals surface area (Å²) in [7, 11) is 0. The van der Waals surface area contributed by atoms with Crippen molar-refractivity contribution in [2.24, 2.45) is 4.99 Å². The lowest BCUT2D eigenvalue weighted by Crippen LogP contribution is -2.59. The Morgan fingerprint density at radius 1 is 1.20 bits per heavy atom. The Labute approximate surface area is 243 Å². The molecular formula is C29H33ClFN9O. The summed E-state index contributed by atoms with van der Waals surface area (Å²) in [6.45, 7) is 12.9. The van der Waals surface area contributed by atoms with Crippen LogP contribution in [0.2, 0.25) is 5.02 Å². The first-order chi connectivity index (χ1) is 19.5. The molecular weight excluding hydrogens is 545 g/mol. The second kappa shape index (κ2) is 11.0. The Balaban J connectivity index is 1.69. The van der Waals surface area contributed by atoms with Gasteiger partial charge < -0.3 is 26.2 Å². The quantitative estimate of drug-likeness (QED) is 0.340. The molecule has 5 rings (SSSR count). The number of nitrogens with two attached hydrogens (primary N) is 2. The highest BCUT2D eigenvalue weighted by Gasteiger charge is 2.37. The summed E-state index contributed by atoms with van der Waals surface area (Å²) in [6.07, 6.45) is 2.77. The van der Waals surface area contributed by atoms with Crippen molar-refractivity contribution in [3.63, 3.8) is 0 Å². The third-order valence-electron chi connectivity index (χ3n) is 7.51. The van der Waals surface area contributed by atoms with E-state index >= 15 is 4.39 Å². The summed E-state index contributed by atoms with van der Waals surface area (Å²) in [6, 6.07) is 6.05. The van der Waals surface area contributed by atoms with E-state index in [1.165, 1.54) is 24.5 Å². The standard InChI is InChI=1S/C29H33ClFN9O/c1-6-22(41)38-11-17(5)39(12-16(38)4)28-18-10-19(30)25(23-20(31)8-7-9-21(23)32)37-29(18)40(14-36-28)26-24(15(2)3)34-13-35-27(26)33/h6-10,13,15-17H,1,11-12,14,32H2,2-5H3,(H2,33,34,35)/t16-,17+/m1/s1. The Kier molecular flexibility index (Phi) is 7.56. The number of carbonyl (C=O) groups is 1. The zero-order valence-electron chi connectivity index (χ0n) is 23.5. The van der Waals surface area contributed by atoms with Gasteiger partial charge in [-0.3, -0.25) is 4.79 Å². The first-order valence-corrected chi connectivity index (χ1v) is 13.8. The molecule has 2 aliphatic heterocycles. The minimum atomic E-state index is -0.536. The number of carbonyl (C=O) groups excluding carboxylic acids is 1. The zero-order chi connectivity index (χ0) is 29.6. The Bertz CT molecular complexity index is 1540. The van der Waals surface area contributed by atoms with E-state index in [4.69, 9.17) is 33.0 Å². The van der Waals surface area contributed by atoms with Crippen LogP contribution in [-0.4, -0.2) is 68.3 Å². The van der Waals surface area contributed by atoms with Gasteiger partial charge in [-0.1, -0.05) is 38.1 Å². The molecule has 1 saturated heterocycles. The molecule has 1 fully saturated rings. The van der Waals surface area contributed by atoms with E-state index in [-0.39, 0.29) is 58.4 Å². The molecule has 2 aliphatic rings. The second-order valence-electron chi connectivity index (χ2n) is 10.6. The minimum absolute atomic E-state index is 0.0226. The molecule has 0 spiro atoms. The molecule has 0 saturated carbocycles. The molecule has 214 valence electrons. The fourth-order valence-electron chi connectivity index (χ4n) is 5.48. The van der Waals surface area contributed by atoms with Crippen molar-refractivity contribution in [2.45, 2.75) is 45.7 Å². The number of piperazine rings is 1. The van der Waals surface area contributed by atoms with Gasteiger partial charge in [0, 0.05) is 30.9 Å². The number of aromatic nitrogens is 3. The monoisotopic (exact) mass is 577 g/mol. The van der Waals surface area contributed by atoms with Crippen LogP contribution in [0.25, 0.3) is 11.3 Å². The number of hydrogen-bond donors (Lipinski definition) is 2. The number of hydrogen-bond acceptors (Lipinski definition) is 9. The molecule has 41 heavy (non-hydrogen) atoms. The lowest BCUT2D eigenvalue weighted by atomic mass is 10.0. The maximum absolute atomic E-state index is 15.1. The molecule has 1 amide bonds. The van der Waals surface area contributed by atoms with Gasteiger partial charge in [-0.2, -0.15) is 0 Å². The van der Waals surface area contributed by atoms with E-state index in [1.807, 2.05) is 32.6 Å². The summed E-state index contributed by atoms with van der Waals surface area (Å²) in [4.78, 5) is 36.9. The average molecular weight is 578 g/mol. The van der Waals surface area contributed by atoms with Gasteiger partial charge in [0.15, 0.2) is 5.82 Å². The van der Waals surface area contributed by atoms with Crippen molar-refractivity contribution in [1.29, 1.82) is 0 Å². The van der Waals surface area contributed by atoms with E-state index in [1.54, 1.807) is 17.0 Å². The zero-order valence-corrected chi connectivity index (χ0v) is 24.2. The van der Waals surface area contributed by atoms with Gasteiger partial charge in [-0.15, -0.1) is 0 Å². The topological polar surface area (TPSA) is 130 Å². The predicted octanol–water partition coefficient (Wildman–Crippen LogP) is 4.58. The fraction of sp³-hybridized carbons (Fsp3) is 0.345. The van der Waals surface area contributed by atoms with Gasteiger partial charge in [0.1, 0.15) is 36.2 Å². The van der Waals surface area contributed by atoms with Crippen LogP contribution in [0, 0.1) is 5.82 Å². The van der Waals surface area contributed by atoms with E-state index in [2.05, 4.69) is 21.4 Å². The number of aliphatic imine (C=N–C) groups is 1. The van der Waals surface area contributed by atoms with Crippen LogP contribution in [0.15, 0.2) is 48.2 Å². The molecule has 3 aromatic rings. The summed E-state index contributed by atoms with van der Waals surface area (Å²) >= 11 is 6.81. The van der Waals surface area contributed by atoms with E-state index in [9.17, 15) is 4.79 Å². The Morgan fingerprint density at radius 3 is 2.63 bits per heavy atom. The van der Waals surface area contributed by atoms with Crippen LogP contribution < -0.4 is 16.4 Å². The normalized spacial score (nSPS) is 18.8. The highest BCUT2D eigenvalue weighted by molar-refractivity contribution is 6.34. The van der Waals surface area contributed by atoms with Crippen LogP contribution in [-0.2, 0) is 4.79 Å². The number of nitrogen functional groups attached to an aromatic ring is 2.